The number of carbonyl (C=O) groups excluding carboxylic acids is 1. The van der Waals surface area contributed by atoms with Crippen molar-refractivity contribution in [2.45, 2.75) is 32.7 Å². The van der Waals surface area contributed by atoms with Crippen molar-refractivity contribution in [2.24, 2.45) is 0 Å². The Kier molecular flexibility index (Phi) is 5.01. The highest BCUT2D eigenvalue weighted by molar-refractivity contribution is 6.00. The molecule has 0 aliphatic carbocycles. The smallest absolute Gasteiger partial charge is 0.233 e. The van der Waals surface area contributed by atoms with Crippen molar-refractivity contribution in [3.05, 3.63) is 89.6 Å². The Labute approximate surface area is 185 Å². The molecule has 3 heterocycles. The van der Waals surface area contributed by atoms with Gasteiger partial charge in [-0.15, -0.1) is 0 Å². The third kappa shape index (κ3) is 3.56. The van der Waals surface area contributed by atoms with E-state index in [1.807, 2.05) is 18.2 Å². The number of nitrogens with zero attached hydrogens (tertiary/aromatic N) is 5. The van der Waals surface area contributed by atoms with Gasteiger partial charge in [-0.3, -0.25) is 9.69 Å². The number of carbonyl (C=O) groups is 1. The van der Waals surface area contributed by atoms with Crippen LogP contribution in [0.25, 0.3) is 17.1 Å². The molecule has 2 aromatic heterocycles. The number of amides is 1. The molecule has 0 saturated heterocycles. The minimum atomic E-state index is -0.390. The highest BCUT2D eigenvalue weighted by atomic mass is 19.1. The molecule has 1 aliphatic rings. The van der Waals surface area contributed by atoms with Crippen LogP contribution >= 0.6 is 0 Å². The maximum Gasteiger partial charge on any atom is 0.233 e. The van der Waals surface area contributed by atoms with E-state index in [1.54, 1.807) is 46.4 Å². The second-order valence-corrected chi connectivity index (χ2v) is 8.17. The molecule has 0 saturated carbocycles. The van der Waals surface area contributed by atoms with Crippen LogP contribution < -0.4 is 4.90 Å². The van der Waals surface area contributed by atoms with Gasteiger partial charge >= 0.3 is 0 Å². The lowest BCUT2D eigenvalue weighted by Crippen LogP contribution is -2.27. The summed E-state index contributed by atoms with van der Waals surface area (Å²) in [6, 6.07) is 14.7. The second kappa shape index (κ2) is 8.00. The van der Waals surface area contributed by atoms with Crippen LogP contribution in [0.5, 0.6) is 0 Å². The SMILES string of the molecule is CC(C)c1ccccc1-c1ncc2c(n1)N(Cc1ccc(-n3cccn3)cc1F)C(=O)C2. The second-order valence-electron chi connectivity index (χ2n) is 8.17. The molecular weight excluding hydrogens is 405 g/mol. The molecule has 0 spiro atoms. The fourth-order valence-electron chi connectivity index (χ4n) is 4.03. The molecule has 1 amide bonds. The first-order valence-corrected chi connectivity index (χ1v) is 10.6. The van der Waals surface area contributed by atoms with Crippen molar-refractivity contribution in [1.29, 1.82) is 0 Å². The molecule has 4 aromatic rings. The molecule has 7 heteroatoms. The molecule has 0 unspecified atom stereocenters. The number of fused-ring (bicyclic) bond motifs is 1. The fourth-order valence-corrected chi connectivity index (χ4v) is 4.03. The first kappa shape index (κ1) is 20.1. The average Bonchev–Trinajstić information content (AvgIpc) is 3.43. The minimum Gasteiger partial charge on any atom is -0.292 e. The summed E-state index contributed by atoms with van der Waals surface area (Å²) in [7, 11) is 0. The Morgan fingerprint density at radius 3 is 2.72 bits per heavy atom. The number of benzene rings is 2. The van der Waals surface area contributed by atoms with E-state index in [4.69, 9.17) is 4.98 Å². The van der Waals surface area contributed by atoms with E-state index in [0.717, 1.165) is 16.7 Å². The van der Waals surface area contributed by atoms with E-state index in [1.165, 1.54) is 6.07 Å². The van der Waals surface area contributed by atoms with Crippen LogP contribution in [0.15, 0.2) is 67.1 Å². The van der Waals surface area contributed by atoms with Crippen molar-refractivity contribution in [2.75, 3.05) is 4.90 Å². The predicted octanol–water partition coefficient (Wildman–Crippen LogP) is 4.68. The summed E-state index contributed by atoms with van der Waals surface area (Å²) in [6.07, 6.45) is 5.32. The first-order chi connectivity index (χ1) is 15.5. The van der Waals surface area contributed by atoms with Crippen molar-refractivity contribution in [3.63, 3.8) is 0 Å². The molecule has 0 atom stereocenters. The number of aromatic nitrogens is 4. The summed E-state index contributed by atoms with van der Waals surface area (Å²) in [5, 5.41) is 4.13. The molecule has 0 N–H and O–H groups in total. The Morgan fingerprint density at radius 2 is 1.97 bits per heavy atom. The van der Waals surface area contributed by atoms with E-state index in [2.05, 4.69) is 30.0 Å². The largest absolute Gasteiger partial charge is 0.292 e. The molecule has 5 rings (SSSR count). The van der Waals surface area contributed by atoms with Crippen LogP contribution in [-0.2, 0) is 17.8 Å². The Morgan fingerprint density at radius 1 is 1.12 bits per heavy atom. The monoisotopic (exact) mass is 427 g/mol. The van der Waals surface area contributed by atoms with Crippen LogP contribution in [0.2, 0.25) is 0 Å². The van der Waals surface area contributed by atoms with Crippen LogP contribution in [0, 0.1) is 5.82 Å². The third-order valence-electron chi connectivity index (χ3n) is 5.70. The number of halogens is 1. The van der Waals surface area contributed by atoms with Crippen molar-refractivity contribution in [3.8, 4) is 17.1 Å². The van der Waals surface area contributed by atoms with Gasteiger partial charge < -0.3 is 0 Å². The zero-order valence-electron chi connectivity index (χ0n) is 17.9. The van der Waals surface area contributed by atoms with Crippen molar-refractivity contribution in [1.82, 2.24) is 19.7 Å². The summed E-state index contributed by atoms with van der Waals surface area (Å²) in [5.74, 6) is 0.928. The highest BCUT2D eigenvalue weighted by Gasteiger charge is 2.30. The molecule has 1 aliphatic heterocycles. The zero-order valence-corrected chi connectivity index (χ0v) is 17.9. The van der Waals surface area contributed by atoms with Gasteiger partial charge in [-0.25, -0.2) is 19.0 Å². The predicted molar refractivity (Wildman–Crippen MR) is 120 cm³/mol. The van der Waals surface area contributed by atoms with Gasteiger partial charge in [-0.1, -0.05) is 44.2 Å². The lowest BCUT2D eigenvalue weighted by molar-refractivity contribution is -0.117. The Bertz CT molecular complexity index is 1300. The van der Waals surface area contributed by atoms with Crippen LogP contribution in [0.1, 0.15) is 36.5 Å². The highest BCUT2D eigenvalue weighted by Crippen LogP contribution is 2.33. The number of hydrogen-bond acceptors (Lipinski definition) is 4. The van der Waals surface area contributed by atoms with E-state index in [-0.39, 0.29) is 18.9 Å². The van der Waals surface area contributed by atoms with Gasteiger partial charge in [0, 0.05) is 35.3 Å². The average molecular weight is 427 g/mol. The molecule has 160 valence electrons. The first-order valence-electron chi connectivity index (χ1n) is 10.6. The van der Waals surface area contributed by atoms with Crippen LogP contribution in [-0.4, -0.2) is 25.7 Å². The maximum atomic E-state index is 14.9. The van der Waals surface area contributed by atoms with Gasteiger partial charge in [0.15, 0.2) is 5.82 Å². The molecule has 0 fully saturated rings. The number of rotatable bonds is 5. The topological polar surface area (TPSA) is 63.9 Å². The quantitative estimate of drug-likeness (QED) is 0.464. The van der Waals surface area contributed by atoms with Crippen LogP contribution in [0.3, 0.4) is 0 Å². The van der Waals surface area contributed by atoms with E-state index in [0.29, 0.717) is 28.8 Å². The normalized spacial score (nSPS) is 13.1. The van der Waals surface area contributed by atoms with E-state index < -0.39 is 5.82 Å². The summed E-state index contributed by atoms with van der Waals surface area (Å²) < 4.78 is 16.5. The zero-order chi connectivity index (χ0) is 22.2. The molecule has 2 aromatic carbocycles. The van der Waals surface area contributed by atoms with E-state index in [9.17, 15) is 9.18 Å². The van der Waals surface area contributed by atoms with Gasteiger partial charge in [0.2, 0.25) is 5.91 Å². The fraction of sp³-hybridized carbons (Fsp3) is 0.200. The lowest BCUT2D eigenvalue weighted by atomic mass is 9.97. The van der Waals surface area contributed by atoms with Crippen molar-refractivity contribution >= 4 is 11.7 Å². The van der Waals surface area contributed by atoms with Gasteiger partial charge in [0.1, 0.15) is 11.6 Å². The Hall–Kier alpha value is -3.87. The van der Waals surface area contributed by atoms with Crippen LogP contribution in [0.4, 0.5) is 10.2 Å². The molecule has 32 heavy (non-hydrogen) atoms. The summed E-state index contributed by atoms with van der Waals surface area (Å²) in [4.78, 5) is 23.6. The summed E-state index contributed by atoms with van der Waals surface area (Å²) in [5.41, 5.74) is 3.89. The minimum absolute atomic E-state index is 0.110. The summed E-state index contributed by atoms with van der Waals surface area (Å²) >= 11 is 0. The van der Waals surface area contributed by atoms with Gasteiger partial charge in [-0.05, 0) is 29.7 Å². The third-order valence-corrected chi connectivity index (χ3v) is 5.70. The lowest BCUT2D eigenvalue weighted by Gasteiger charge is -2.18. The molecule has 6 nitrogen and oxygen atoms in total. The standard InChI is InChI=1S/C25H22FN5O/c1-16(2)20-6-3-4-7-21(20)24-27-14-18-12-23(32)30(25(18)29-24)15-17-8-9-19(13-22(17)26)31-11-5-10-28-31/h3-11,13-14,16H,12,15H2,1-2H3. The van der Waals surface area contributed by atoms with Gasteiger partial charge in [-0.2, -0.15) is 5.10 Å². The van der Waals surface area contributed by atoms with Gasteiger partial charge in [0.25, 0.3) is 0 Å². The molecular formula is C25H22FN5O. The van der Waals surface area contributed by atoms with Gasteiger partial charge in [0.05, 0.1) is 18.7 Å². The maximum absolute atomic E-state index is 14.9. The molecule has 0 radical (unpaired) electrons. The number of anilines is 1. The number of hydrogen-bond donors (Lipinski definition) is 0. The molecule has 0 bridgehead atoms. The Balaban J connectivity index is 1.48. The summed E-state index contributed by atoms with van der Waals surface area (Å²) in [6.45, 7) is 4.36. The van der Waals surface area contributed by atoms with E-state index >= 15 is 0 Å². The van der Waals surface area contributed by atoms with Crippen molar-refractivity contribution < 1.29 is 9.18 Å².